The highest BCUT2D eigenvalue weighted by molar-refractivity contribution is 5.87. The summed E-state index contributed by atoms with van der Waals surface area (Å²) in [5.74, 6) is -2.08. The minimum Gasteiger partial charge on any atom is -0.478 e. The molecule has 0 heterocycles. The Balaban J connectivity index is 2.83. The van der Waals surface area contributed by atoms with Crippen LogP contribution in [0.2, 0.25) is 0 Å². The molecule has 0 aromatic heterocycles. The summed E-state index contributed by atoms with van der Waals surface area (Å²) in [4.78, 5) is 10.5. The molecule has 15 heavy (non-hydrogen) atoms. The van der Waals surface area contributed by atoms with E-state index < -0.39 is 11.8 Å². The number of carboxylic acids is 1. The molecule has 0 bridgehead atoms. The van der Waals surface area contributed by atoms with E-state index in [0.29, 0.717) is 0 Å². The van der Waals surface area contributed by atoms with Gasteiger partial charge in [-0.05, 0) is 12.1 Å². The molecule has 0 unspecified atom stereocenters. The maximum absolute atomic E-state index is 13.2. The first-order valence-electron chi connectivity index (χ1n) is 4.10. The Bertz CT molecular complexity index is 406. The van der Waals surface area contributed by atoms with E-state index >= 15 is 0 Å². The molecule has 1 rings (SSSR count). The van der Waals surface area contributed by atoms with Crippen LogP contribution in [-0.2, 0) is 6.54 Å². The van der Waals surface area contributed by atoms with Gasteiger partial charge in [-0.2, -0.15) is 0 Å². The molecule has 0 saturated carbocycles. The molecule has 5 nitrogen and oxygen atoms in total. The normalized spacial score (nSPS) is 9.67. The lowest BCUT2D eigenvalue weighted by Gasteiger charge is -2.05. The van der Waals surface area contributed by atoms with Gasteiger partial charge in [-0.25, -0.2) is 9.18 Å². The first-order valence-corrected chi connectivity index (χ1v) is 4.10. The van der Waals surface area contributed by atoms with E-state index in [-0.39, 0.29) is 23.6 Å². The third-order valence-corrected chi connectivity index (χ3v) is 1.77. The van der Waals surface area contributed by atoms with Gasteiger partial charge < -0.3 is 16.2 Å². The number of nitrogens with two attached hydrogens (primary N) is 1. The van der Waals surface area contributed by atoms with Crippen molar-refractivity contribution in [1.29, 1.82) is 5.41 Å². The number of carboxylic acid groups (broad SMARTS) is 1. The number of guanidine groups is 1. The van der Waals surface area contributed by atoms with Gasteiger partial charge in [0.2, 0.25) is 0 Å². The molecular formula is C9H10FN3O2. The van der Waals surface area contributed by atoms with Crippen molar-refractivity contribution in [3.05, 3.63) is 35.1 Å². The summed E-state index contributed by atoms with van der Waals surface area (Å²) in [5.41, 5.74) is 5.17. The SMILES string of the molecule is N=C(N)NCc1ccc(C(=O)O)cc1F. The minimum absolute atomic E-state index is 0.0566. The summed E-state index contributed by atoms with van der Waals surface area (Å²) in [6.07, 6.45) is 0. The summed E-state index contributed by atoms with van der Waals surface area (Å²) in [6.45, 7) is 0.0566. The quantitative estimate of drug-likeness (QED) is 0.432. The largest absolute Gasteiger partial charge is 0.478 e. The van der Waals surface area contributed by atoms with Gasteiger partial charge in [0, 0.05) is 12.1 Å². The second-order valence-electron chi connectivity index (χ2n) is 2.88. The molecule has 0 aliphatic rings. The number of halogens is 1. The minimum atomic E-state index is -1.18. The molecular weight excluding hydrogens is 201 g/mol. The fourth-order valence-electron chi connectivity index (χ4n) is 1.01. The van der Waals surface area contributed by atoms with Crippen LogP contribution in [-0.4, -0.2) is 17.0 Å². The zero-order valence-corrected chi connectivity index (χ0v) is 7.75. The second-order valence-corrected chi connectivity index (χ2v) is 2.88. The number of hydrogen-bond acceptors (Lipinski definition) is 2. The average Bonchev–Trinajstić information content (AvgIpc) is 2.15. The second kappa shape index (κ2) is 4.41. The lowest BCUT2D eigenvalue weighted by atomic mass is 10.1. The van der Waals surface area contributed by atoms with Crippen molar-refractivity contribution in [2.24, 2.45) is 5.73 Å². The number of nitrogens with one attached hydrogen (secondary N) is 2. The van der Waals surface area contributed by atoms with Crippen LogP contribution in [0.5, 0.6) is 0 Å². The average molecular weight is 211 g/mol. The molecule has 1 aromatic rings. The van der Waals surface area contributed by atoms with Gasteiger partial charge in [-0.1, -0.05) is 6.07 Å². The van der Waals surface area contributed by atoms with E-state index in [0.717, 1.165) is 6.07 Å². The highest BCUT2D eigenvalue weighted by Crippen LogP contribution is 2.10. The van der Waals surface area contributed by atoms with Crippen LogP contribution in [0.4, 0.5) is 4.39 Å². The number of hydrogen-bond donors (Lipinski definition) is 4. The molecule has 0 atom stereocenters. The van der Waals surface area contributed by atoms with Gasteiger partial charge >= 0.3 is 5.97 Å². The van der Waals surface area contributed by atoms with Crippen molar-refractivity contribution in [3.8, 4) is 0 Å². The fourth-order valence-corrected chi connectivity index (χ4v) is 1.01. The van der Waals surface area contributed by atoms with Crippen molar-refractivity contribution in [1.82, 2.24) is 5.32 Å². The molecule has 0 spiro atoms. The van der Waals surface area contributed by atoms with Crippen LogP contribution in [0.1, 0.15) is 15.9 Å². The van der Waals surface area contributed by atoms with Gasteiger partial charge in [0.05, 0.1) is 5.56 Å². The third kappa shape index (κ3) is 2.94. The molecule has 0 amide bonds. The predicted octanol–water partition coefficient (Wildman–Crippen LogP) is 0.507. The van der Waals surface area contributed by atoms with Gasteiger partial charge in [0.15, 0.2) is 5.96 Å². The van der Waals surface area contributed by atoms with E-state index in [2.05, 4.69) is 5.32 Å². The van der Waals surface area contributed by atoms with Crippen LogP contribution >= 0.6 is 0 Å². The lowest BCUT2D eigenvalue weighted by molar-refractivity contribution is 0.0696. The summed E-state index contributed by atoms with van der Waals surface area (Å²) in [5, 5.41) is 17.9. The molecule has 0 radical (unpaired) electrons. The van der Waals surface area contributed by atoms with Crippen LogP contribution in [0.3, 0.4) is 0 Å². The Morgan fingerprint density at radius 3 is 2.73 bits per heavy atom. The van der Waals surface area contributed by atoms with Crippen LogP contribution < -0.4 is 11.1 Å². The molecule has 0 aliphatic heterocycles. The van der Waals surface area contributed by atoms with Gasteiger partial charge in [-0.3, -0.25) is 5.41 Å². The molecule has 5 N–H and O–H groups in total. The summed E-state index contributed by atoms with van der Waals surface area (Å²) >= 11 is 0. The smallest absolute Gasteiger partial charge is 0.335 e. The number of benzene rings is 1. The van der Waals surface area contributed by atoms with E-state index in [1.165, 1.54) is 12.1 Å². The monoisotopic (exact) mass is 211 g/mol. The van der Waals surface area contributed by atoms with Crippen molar-refractivity contribution in [2.45, 2.75) is 6.54 Å². The Morgan fingerprint density at radius 1 is 1.60 bits per heavy atom. The Morgan fingerprint density at radius 2 is 2.27 bits per heavy atom. The number of carbonyl (C=O) groups is 1. The molecule has 80 valence electrons. The van der Waals surface area contributed by atoms with Crippen LogP contribution in [0.15, 0.2) is 18.2 Å². The molecule has 0 fully saturated rings. The first kappa shape index (κ1) is 11.0. The van der Waals surface area contributed by atoms with Crippen molar-refractivity contribution in [3.63, 3.8) is 0 Å². The van der Waals surface area contributed by atoms with Gasteiger partial charge in [-0.15, -0.1) is 0 Å². The Labute approximate surface area is 85.2 Å². The van der Waals surface area contributed by atoms with Gasteiger partial charge in [0.25, 0.3) is 0 Å². The zero-order valence-electron chi connectivity index (χ0n) is 7.75. The van der Waals surface area contributed by atoms with E-state index in [1.54, 1.807) is 0 Å². The van der Waals surface area contributed by atoms with Crippen molar-refractivity contribution >= 4 is 11.9 Å². The maximum atomic E-state index is 13.2. The van der Waals surface area contributed by atoms with E-state index in [4.69, 9.17) is 16.2 Å². The Kier molecular flexibility index (Phi) is 3.22. The summed E-state index contributed by atoms with van der Waals surface area (Å²) in [7, 11) is 0. The summed E-state index contributed by atoms with van der Waals surface area (Å²) < 4.78 is 13.2. The maximum Gasteiger partial charge on any atom is 0.335 e. The van der Waals surface area contributed by atoms with Crippen molar-refractivity contribution in [2.75, 3.05) is 0 Å². The van der Waals surface area contributed by atoms with Crippen LogP contribution in [0, 0.1) is 11.2 Å². The van der Waals surface area contributed by atoms with E-state index in [9.17, 15) is 9.18 Å². The highest BCUT2D eigenvalue weighted by Gasteiger charge is 2.07. The number of aromatic carboxylic acids is 1. The molecule has 0 saturated heterocycles. The molecule has 0 aliphatic carbocycles. The number of rotatable bonds is 3. The Hall–Kier alpha value is -2.11. The predicted molar refractivity (Wildman–Crippen MR) is 52.1 cm³/mol. The van der Waals surface area contributed by atoms with E-state index in [1.807, 2.05) is 0 Å². The van der Waals surface area contributed by atoms with Gasteiger partial charge in [0.1, 0.15) is 5.82 Å². The van der Waals surface area contributed by atoms with Crippen LogP contribution in [0.25, 0.3) is 0 Å². The zero-order chi connectivity index (χ0) is 11.4. The first-order chi connectivity index (χ1) is 7.00. The summed E-state index contributed by atoms with van der Waals surface area (Å²) in [6, 6.07) is 3.57. The van der Waals surface area contributed by atoms with Crippen molar-refractivity contribution < 1.29 is 14.3 Å². The third-order valence-electron chi connectivity index (χ3n) is 1.77. The lowest BCUT2D eigenvalue weighted by Crippen LogP contribution is -2.29. The topological polar surface area (TPSA) is 99.2 Å². The standard InChI is InChI=1S/C9H10FN3O2/c10-7-3-5(8(14)15)1-2-6(7)4-13-9(11)12/h1-3H,4H2,(H,14,15)(H4,11,12,13). The molecule has 1 aromatic carbocycles. The fraction of sp³-hybridized carbons (Fsp3) is 0.111. The molecule has 6 heteroatoms. The highest BCUT2D eigenvalue weighted by atomic mass is 19.1.